The van der Waals surface area contributed by atoms with Crippen molar-refractivity contribution in [2.45, 2.75) is 11.1 Å². The zero-order valence-electron chi connectivity index (χ0n) is 18.0. The van der Waals surface area contributed by atoms with Crippen molar-refractivity contribution in [2.75, 3.05) is 13.8 Å². The van der Waals surface area contributed by atoms with Gasteiger partial charge < -0.3 is 19.3 Å². The monoisotopic (exact) mass is 503 g/mol. The van der Waals surface area contributed by atoms with E-state index in [2.05, 4.69) is 10.3 Å². The van der Waals surface area contributed by atoms with Crippen LogP contribution in [0.4, 0.5) is 4.39 Å². The molecule has 3 aromatic rings. The molecule has 4 rings (SSSR count). The lowest BCUT2D eigenvalue weighted by Crippen LogP contribution is -2.22. The van der Waals surface area contributed by atoms with Gasteiger partial charge >= 0.3 is 11.9 Å². The van der Waals surface area contributed by atoms with Gasteiger partial charge in [0.1, 0.15) is 0 Å². The summed E-state index contributed by atoms with van der Waals surface area (Å²) in [5, 5.41) is 11.4. The number of carbonyl (C=O) groups is 2. The highest BCUT2D eigenvalue weighted by atomic mass is 32.2. The Balaban J connectivity index is 1.81. The van der Waals surface area contributed by atoms with E-state index in [-0.39, 0.29) is 34.3 Å². The molecule has 0 radical (unpaired) electrons. The molecule has 0 bridgehead atoms. The molecular formula is C22H18FN3O8S. The summed E-state index contributed by atoms with van der Waals surface area (Å²) in [4.78, 5) is 26.1. The number of carboxylic acid groups (broad SMARTS) is 1. The molecule has 1 atom stereocenters. The Morgan fingerprint density at radius 3 is 2.71 bits per heavy atom. The minimum atomic E-state index is -4.30. The molecule has 0 spiro atoms. The van der Waals surface area contributed by atoms with Crippen molar-refractivity contribution in [2.24, 2.45) is 0 Å². The van der Waals surface area contributed by atoms with Crippen LogP contribution in [0.1, 0.15) is 11.8 Å². The Kier molecular flexibility index (Phi) is 6.53. The van der Waals surface area contributed by atoms with Gasteiger partial charge in [0.05, 0.1) is 16.2 Å². The van der Waals surface area contributed by atoms with E-state index < -0.39 is 34.1 Å². The number of carboxylic acids is 1. The van der Waals surface area contributed by atoms with E-state index in [1.165, 1.54) is 49.6 Å². The summed E-state index contributed by atoms with van der Waals surface area (Å²) in [6.45, 7) is -0.0514. The number of aliphatic carboxylic acids is 1. The number of nitrogens with one attached hydrogen (secondary N) is 1. The number of carbonyl (C=O) groups excluding carboxylic acids is 1. The third-order valence-electron chi connectivity index (χ3n) is 4.90. The molecular weight excluding hydrogens is 485 g/mol. The van der Waals surface area contributed by atoms with Gasteiger partial charge in [-0.15, -0.1) is 0 Å². The van der Waals surface area contributed by atoms with E-state index >= 15 is 0 Å². The zero-order valence-corrected chi connectivity index (χ0v) is 18.9. The van der Waals surface area contributed by atoms with Gasteiger partial charge in [-0.3, -0.25) is 5.32 Å². The van der Waals surface area contributed by atoms with Crippen LogP contribution < -0.4 is 14.8 Å². The largest absolute Gasteiger partial charge is 0.478 e. The lowest BCUT2D eigenvalue weighted by atomic mass is 10.2. The molecule has 1 aliphatic rings. The highest BCUT2D eigenvalue weighted by Gasteiger charge is 2.28. The molecule has 1 aromatic carbocycles. The molecule has 0 saturated carbocycles. The number of pyridine rings is 1. The first-order valence-electron chi connectivity index (χ1n) is 9.98. The van der Waals surface area contributed by atoms with E-state index in [4.69, 9.17) is 19.3 Å². The van der Waals surface area contributed by atoms with Gasteiger partial charge in [0.2, 0.25) is 12.7 Å². The molecule has 0 fully saturated rings. The molecule has 0 amide bonds. The summed E-state index contributed by atoms with van der Waals surface area (Å²) >= 11 is 0. The average molecular weight is 503 g/mol. The van der Waals surface area contributed by atoms with Crippen LogP contribution in [-0.2, 0) is 24.3 Å². The number of halogens is 1. The lowest BCUT2D eigenvalue weighted by Gasteiger charge is -2.14. The smallest absolute Gasteiger partial charge is 0.332 e. The number of benzene rings is 1. The van der Waals surface area contributed by atoms with Gasteiger partial charge in [0.15, 0.2) is 17.7 Å². The van der Waals surface area contributed by atoms with Crippen molar-refractivity contribution in [1.29, 1.82) is 0 Å². The van der Waals surface area contributed by atoms with E-state index in [1.54, 1.807) is 0 Å². The number of esters is 1. The van der Waals surface area contributed by atoms with Crippen molar-refractivity contribution in [3.05, 3.63) is 72.5 Å². The van der Waals surface area contributed by atoms with Gasteiger partial charge in [0, 0.05) is 36.2 Å². The van der Waals surface area contributed by atoms with E-state index in [0.29, 0.717) is 17.9 Å². The zero-order chi connectivity index (χ0) is 25.2. The van der Waals surface area contributed by atoms with Gasteiger partial charge in [-0.2, -0.15) is 4.39 Å². The molecule has 2 N–H and O–H groups in total. The van der Waals surface area contributed by atoms with Crippen LogP contribution in [0.25, 0.3) is 11.3 Å². The molecule has 3 heterocycles. The Hall–Kier alpha value is -4.23. The Morgan fingerprint density at radius 2 is 2.00 bits per heavy atom. The van der Waals surface area contributed by atoms with Crippen molar-refractivity contribution >= 4 is 22.0 Å². The van der Waals surface area contributed by atoms with Crippen LogP contribution >= 0.6 is 0 Å². The molecule has 1 aliphatic heterocycles. The van der Waals surface area contributed by atoms with Gasteiger partial charge in [0.25, 0.3) is 10.0 Å². The first-order valence-corrected chi connectivity index (χ1v) is 11.4. The van der Waals surface area contributed by atoms with E-state index in [0.717, 1.165) is 10.2 Å². The molecule has 35 heavy (non-hydrogen) atoms. The number of aromatic nitrogens is 2. The van der Waals surface area contributed by atoms with Crippen LogP contribution in [0, 0.1) is 5.95 Å². The Bertz CT molecular complexity index is 1430. The van der Waals surface area contributed by atoms with E-state index in [9.17, 15) is 22.4 Å². The van der Waals surface area contributed by atoms with Gasteiger partial charge in [-0.1, -0.05) is 0 Å². The van der Waals surface area contributed by atoms with E-state index in [1.807, 2.05) is 0 Å². The fraction of sp³-hybridized carbons (Fsp3) is 0.136. The topological polar surface area (TPSA) is 146 Å². The lowest BCUT2D eigenvalue weighted by molar-refractivity contribution is -0.145. The number of fused-ring (bicyclic) bond motifs is 1. The Morgan fingerprint density at radius 1 is 1.23 bits per heavy atom. The average Bonchev–Trinajstić information content (AvgIpc) is 3.48. The van der Waals surface area contributed by atoms with Crippen LogP contribution in [0.2, 0.25) is 0 Å². The van der Waals surface area contributed by atoms with Crippen LogP contribution in [-0.4, -0.2) is 48.3 Å². The molecule has 2 aromatic heterocycles. The SMILES string of the molecule is CNC(OC(=O)/C=C/C(=O)O)c1cc(-c2cccnc2F)n(S(=O)(=O)c2ccc3c(c2)OCO3)c1. The maximum absolute atomic E-state index is 14.6. The normalized spacial score (nSPS) is 13.7. The molecule has 0 saturated heterocycles. The van der Waals surface area contributed by atoms with Crippen molar-refractivity contribution in [3.8, 4) is 22.8 Å². The van der Waals surface area contributed by atoms with Crippen molar-refractivity contribution in [3.63, 3.8) is 0 Å². The van der Waals surface area contributed by atoms with Crippen LogP contribution in [0.3, 0.4) is 0 Å². The van der Waals surface area contributed by atoms with Crippen molar-refractivity contribution < 1.29 is 41.7 Å². The van der Waals surface area contributed by atoms with Crippen LogP contribution in [0.5, 0.6) is 11.5 Å². The second-order valence-corrected chi connectivity index (χ2v) is 8.91. The predicted octanol–water partition coefficient (Wildman–Crippen LogP) is 2.06. The van der Waals surface area contributed by atoms with Gasteiger partial charge in [-0.25, -0.2) is 27.0 Å². The fourth-order valence-electron chi connectivity index (χ4n) is 3.32. The summed E-state index contributed by atoms with van der Waals surface area (Å²) < 4.78 is 58.3. The summed E-state index contributed by atoms with van der Waals surface area (Å²) in [5.74, 6) is -2.64. The summed E-state index contributed by atoms with van der Waals surface area (Å²) in [6, 6.07) is 8.15. The second-order valence-electron chi connectivity index (χ2n) is 7.09. The quantitative estimate of drug-likeness (QED) is 0.203. The standard InChI is InChI=1S/C22H18FN3O8S/c1-24-22(34-20(29)7-6-19(27)28)13-9-16(15-3-2-8-25-21(15)23)26(11-13)35(30,31)14-4-5-17-18(10-14)33-12-32-17/h2-11,22,24H,12H2,1H3,(H,27,28)/b7-6+. The fourth-order valence-corrected chi connectivity index (χ4v) is 4.71. The number of rotatable bonds is 8. The predicted molar refractivity (Wildman–Crippen MR) is 117 cm³/mol. The molecule has 11 nitrogen and oxygen atoms in total. The Labute approximate surface area is 198 Å². The highest BCUT2D eigenvalue weighted by Crippen LogP contribution is 2.36. The molecule has 1 unspecified atom stereocenters. The first kappa shape index (κ1) is 23.9. The molecule has 0 aliphatic carbocycles. The maximum Gasteiger partial charge on any atom is 0.332 e. The minimum absolute atomic E-state index is 0.0514. The second kappa shape index (κ2) is 9.56. The highest BCUT2D eigenvalue weighted by molar-refractivity contribution is 7.90. The third kappa shape index (κ3) is 4.85. The molecule has 13 heteroatoms. The maximum atomic E-state index is 14.6. The molecule has 182 valence electrons. The number of ether oxygens (including phenoxy) is 3. The third-order valence-corrected chi connectivity index (χ3v) is 6.57. The first-order chi connectivity index (χ1) is 16.7. The minimum Gasteiger partial charge on any atom is -0.478 e. The summed E-state index contributed by atoms with van der Waals surface area (Å²) in [7, 11) is -2.86. The number of hydrogen-bond acceptors (Lipinski definition) is 9. The van der Waals surface area contributed by atoms with Gasteiger partial charge in [-0.05, 0) is 37.4 Å². The summed E-state index contributed by atoms with van der Waals surface area (Å²) in [5.41, 5.74) is -0.0530. The van der Waals surface area contributed by atoms with Crippen molar-refractivity contribution in [1.82, 2.24) is 14.3 Å². The number of hydrogen-bond donors (Lipinski definition) is 2. The van der Waals surface area contributed by atoms with Crippen LogP contribution in [0.15, 0.2) is 65.8 Å². The summed E-state index contributed by atoms with van der Waals surface area (Å²) in [6.07, 6.45) is 2.49. The number of nitrogens with zero attached hydrogens (tertiary/aromatic N) is 2.